The highest BCUT2D eigenvalue weighted by atomic mass is 16.5. The number of hydrogen-bond acceptors (Lipinski definition) is 2. The number of nitrogens with two attached hydrogens (primary N) is 1. The maximum absolute atomic E-state index is 5.92. The molecule has 0 atom stereocenters. The monoisotopic (exact) mass is 283 g/mol. The molecule has 0 aliphatic rings. The molecule has 0 saturated heterocycles. The Morgan fingerprint density at radius 1 is 1.00 bits per heavy atom. The maximum Gasteiger partial charge on any atom is 0.127 e. The van der Waals surface area contributed by atoms with E-state index in [2.05, 4.69) is 39.8 Å². The van der Waals surface area contributed by atoms with Gasteiger partial charge in [-0.3, -0.25) is 0 Å². The average molecular weight is 283 g/mol. The van der Waals surface area contributed by atoms with Crippen LogP contribution in [0, 0.1) is 6.92 Å². The van der Waals surface area contributed by atoms with E-state index in [4.69, 9.17) is 10.5 Å². The Balaban J connectivity index is 2.15. The Hall–Kier alpha value is -1.80. The summed E-state index contributed by atoms with van der Waals surface area (Å²) < 4.78 is 5.92. The lowest BCUT2D eigenvalue weighted by molar-refractivity contribution is 0.477. The normalized spacial score (nSPS) is 11.5. The summed E-state index contributed by atoms with van der Waals surface area (Å²) in [5.74, 6) is 1.72. The van der Waals surface area contributed by atoms with Crippen LogP contribution in [0.3, 0.4) is 0 Å². The van der Waals surface area contributed by atoms with E-state index in [0.717, 1.165) is 23.5 Å². The molecule has 2 N–H and O–H groups in total. The summed E-state index contributed by atoms with van der Waals surface area (Å²) in [6.45, 7) is 9.36. The molecular weight excluding hydrogens is 258 g/mol. The molecule has 0 aromatic heterocycles. The lowest BCUT2D eigenvalue weighted by Gasteiger charge is -2.23. The van der Waals surface area contributed by atoms with Gasteiger partial charge in [0.15, 0.2) is 0 Å². The van der Waals surface area contributed by atoms with Crippen LogP contribution in [0.4, 0.5) is 0 Å². The molecule has 0 amide bonds. The highest BCUT2D eigenvalue weighted by Gasteiger charge is 2.17. The van der Waals surface area contributed by atoms with E-state index in [-0.39, 0.29) is 5.41 Å². The molecule has 21 heavy (non-hydrogen) atoms. The van der Waals surface area contributed by atoms with Gasteiger partial charge >= 0.3 is 0 Å². The van der Waals surface area contributed by atoms with Crippen molar-refractivity contribution in [2.45, 2.75) is 46.1 Å². The predicted molar refractivity (Wildman–Crippen MR) is 88.9 cm³/mol. The van der Waals surface area contributed by atoms with Crippen molar-refractivity contribution in [2.75, 3.05) is 0 Å². The summed E-state index contributed by atoms with van der Waals surface area (Å²) in [7, 11) is 0. The Morgan fingerprint density at radius 3 is 2.14 bits per heavy atom. The lowest BCUT2D eigenvalue weighted by Crippen LogP contribution is -2.14. The van der Waals surface area contributed by atoms with Gasteiger partial charge in [0.25, 0.3) is 0 Å². The first-order chi connectivity index (χ1) is 9.96. The first kappa shape index (κ1) is 15.6. The molecule has 0 saturated carbocycles. The molecule has 0 radical (unpaired) electrons. The SMILES string of the molecule is CCC(C)(C)c1ccc(Oc2ccc(CN)c(C)c2)cc1. The van der Waals surface area contributed by atoms with Crippen LogP contribution in [0.1, 0.15) is 43.9 Å². The van der Waals surface area contributed by atoms with Gasteiger partial charge in [-0.25, -0.2) is 0 Å². The third-order valence-electron chi connectivity index (χ3n) is 4.29. The molecule has 2 aromatic carbocycles. The van der Waals surface area contributed by atoms with Gasteiger partial charge in [-0.05, 0) is 59.7 Å². The predicted octanol–water partition coefficient (Wildman–Crippen LogP) is 4.93. The van der Waals surface area contributed by atoms with E-state index in [9.17, 15) is 0 Å². The summed E-state index contributed by atoms with van der Waals surface area (Å²) in [6, 6.07) is 14.4. The molecule has 0 spiro atoms. The molecular formula is C19H25NO. The minimum absolute atomic E-state index is 0.206. The fraction of sp³-hybridized carbons (Fsp3) is 0.368. The van der Waals surface area contributed by atoms with Gasteiger partial charge in [-0.1, -0.05) is 39.0 Å². The molecule has 0 aliphatic heterocycles. The van der Waals surface area contributed by atoms with Crippen LogP contribution in [0.2, 0.25) is 0 Å². The van der Waals surface area contributed by atoms with E-state index in [1.54, 1.807) is 0 Å². The van der Waals surface area contributed by atoms with Gasteiger partial charge in [-0.2, -0.15) is 0 Å². The summed E-state index contributed by atoms with van der Waals surface area (Å²) in [5, 5.41) is 0. The quantitative estimate of drug-likeness (QED) is 0.844. The van der Waals surface area contributed by atoms with E-state index >= 15 is 0 Å². The Bertz CT molecular complexity index is 599. The number of aryl methyl sites for hydroxylation is 1. The van der Waals surface area contributed by atoms with Gasteiger partial charge in [0.2, 0.25) is 0 Å². The van der Waals surface area contributed by atoms with Crippen LogP contribution in [0.5, 0.6) is 11.5 Å². The molecule has 0 bridgehead atoms. The fourth-order valence-corrected chi connectivity index (χ4v) is 2.28. The van der Waals surface area contributed by atoms with Crippen molar-refractivity contribution in [1.82, 2.24) is 0 Å². The van der Waals surface area contributed by atoms with Crippen LogP contribution in [0.15, 0.2) is 42.5 Å². The van der Waals surface area contributed by atoms with E-state index in [1.165, 1.54) is 11.1 Å². The van der Waals surface area contributed by atoms with Crippen molar-refractivity contribution < 1.29 is 4.74 Å². The zero-order valence-corrected chi connectivity index (χ0v) is 13.4. The number of rotatable bonds is 5. The first-order valence-electron chi connectivity index (χ1n) is 7.54. The molecule has 112 valence electrons. The molecule has 0 heterocycles. The van der Waals surface area contributed by atoms with E-state index in [0.29, 0.717) is 6.54 Å². The van der Waals surface area contributed by atoms with Gasteiger partial charge < -0.3 is 10.5 Å². The average Bonchev–Trinajstić information content (AvgIpc) is 2.48. The molecule has 2 rings (SSSR count). The van der Waals surface area contributed by atoms with Gasteiger partial charge in [0.05, 0.1) is 0 Å². The van der Waals surface area contributed by atoms with Gasteiger partial charge in [0.1, 0.15) is 11.5 Å². The number of benzene rings is 2. The second-order valence-corrected chi connectivity index (χ2v) is 6.16. The summed E-state index contributed by atoms with van der Waals surface area (Å²) in [6.07, 6.45) is 1.12. The smallest absolute Gasteiger partial charge is 0.127 e. The fourth-order valence-electron chi connectivity index (χ4n) is 2.28. The third-order valence-corrected chi connectivity index (χ3v) is 4.29. The van der Waals surface area contributed by atoms with E-state index < -0.39 is 0 Å². The van der Waals surface area contributed by atoms with Crippen molar-refractivity contribution in [3.05, 3.63) is 59.2 Å². The van der Waals surface area contributed by atoms with Gasteiger partial charge in [0, 0.05) is 6.54 Å². The van der Waals surface area contributed by atoms with Gasteiger partial charge in [-0.15, -0.1) is 0 Å². The van der Waals surface area contributed by atoms with Crippen molar-refractivity contribution >= 4 is 0 Å². The standard InChI is InChI=1S/C19H25NO/c1-5-19(3,4)16-7-10-17(11-8-16)21-18-9-6-15(13-20)14(2)12-18/h6-12H,5,13,20H2,1-4H3. The Kier molecular flexibility index (Phi) is 4.69. The molecule has 0 fully saturated rings. The molecule has 2 aromatic rings. The Morgan fingerprint density at radius 2 is 1.62 bits per heavy atom. The topological polar surface area (TPSA) is 35.2 Å². The Labute approximate surface area is 127 Å². The minimum atomic E-state index is 0.206. The van der Waals surface area contributed by atoms with Crippen molar-refractivity contribution in [3.8, 4) is 11.5 Å². The second-order valence-electron chi connectivity index (χ2n) is 6.16. The summed E-state index contributed by atoms with van der Waals surface area (Å²) in [5.41, 5.74) is 9.55. The summed E-state index contributed by atoms with van der Waals surface area (Å²) >= 11 is 0. The number of hydrogen-bond donors (Lipinski definition) is 1. The third kappa shape index (κ3) is 3.64. The molecule has 2 heteroatoms. The minimum Gasteiger partial charge on any atom is -0.457 e. The lowest BCUT2D eigenvalue weighted by atomic mass is 9.82. The van der Waals surface area contributed by atoms with Crippen LogP contribution in [0.25, 0.3) is 0 Å². The second kappa shape index (κ2) is 6.31. The molecule has 2 nitrogen and oxygen atoms in total. The van der Waals surface area contributed by atoms with Crippen LogP contribution < -0.4 is 10.5 Å². The van der Waals surface area contributed by atoms with Crippen molar-refractivity contribution in [1.29, 1.82) is 0 Å². The highest BCUT2D eigenvalue weighted by molar-refractivity contribution is 5.39. The van der Waals surface area contributed by atoms with Crippen LogP contribution in [-0.4, -0.2) is 0 Å². The largest absolute Gasteiger partial charge is 0.457 e. The summed E-state index contributed by atoms with van der Waals surface area (Å²) in [4.78, 5) is 0. The van der Waals surface area contributed by atoms with Crippen molar-refractivity contribution in [3.63, 3.8) is 0 Å². The van der Waals surface area contributed by atoms with Crippen LogP contribution in [-0.2, 0) is 12.0 Å². The van der Waals surface area contributed by atoms with Crippen LogP contribution >= 0.6 is 0 Å². The van der Waals surface area contributed by atoms with Crippen molar-refractivity contribution in [2.24, 2.45) is 5.73 Å². The first-order valence-corrected chi connectivity index (χ1v) is 7.54. The molecule has 0 unspecified atom stereocenters. The molecule has 0 aliphatic carbocycles. The zero-order valence-electron chi connectivity index (χ0n) is 13.4. The number of ether oxygens (including phenoxy) is 1. The van der Waals surface area contributed by atoms with E-state index in [1.807, 2.05) is 30.3 Å². The highest BCUT2D eigenvalue weighted by Crippen LogP contribution is 2.30. The maximum atomic E-state index is 5.92. The zero-order chi connectivity index (χ0) is 15.5.